The number of nitrogens with one attached hydrogen (secondary N) is 1. The van der Waals surface area contributed by atoms with Gasteiger partial charge >= 0.3 is 0 Å². The van der Waals surface area contributed by atoms with Crippen LogP contribution in [0.5, 0.6) is 5.75 Å². The summed E-state index contributed by atoms with van der Waals surface area (Å²) >= 11 is 0. The predicted molar refractivity (Wildman–Crippen MR) is 76.0 cm³/mol. The van der Waals surface area contributed by atoms with Crippen LogP contribution < -0.4 is 5.32 Å². The Kier molecular flexibility index (Phi) is 3.90. The van der Waals surface area contributed by atoms with Gasteiger partial charge in [-0.05, 0) is 32.0 Å². The zero-order valence-electron chi connectivity index (χ0n) is 11.3. The highest BCUT2D eigenvalue weighted by atomic mass is 19.1. The molecule has 102 valence electrons. The molecule has 2 aromatic rings. The van der Waals surface area contributed by atoms with Crippen molar-refractivity contribution in [3.8, 4) is 11.8 Å². The van der Waals surface area contributed by atoms with Gasteiger partial charge in [0.25, 0.3) is 0 Å². The first kappa shape index (κ1) is 13.9. The molecule has 0 bridgehead atoms. The van der Waals surface area contributed by atoms with E-state index < -0.39 is 5.82 Å². The van der Waals surface area contributed by atoms with Gasteiger partial charge in [-0.2, -0.15) is 5.26 Å². The number of phenols is 1. The molecule has 0 fully saturated rings. The highest BCUT2D eigenvalue weighted by Crippen LogP contribution is 2.29. The van der Waals surface area contributed by atoms with E-state index in [9.17, 15) is 9.50 Å². The van der Waals surface area contributed by atoms with E-state index in [1.54, 1.807) is 31.2 Å². The minimum Gasteiger partial charge on any atom is -0.508 e. The van der Waals surface area contributed by atoms with Crippen molar-refractivity contribution in [2.75, 3.05) is 5.32 Å². The number of nitrogens with zero attached hydrogens (tertiary/aromatic N) is 1. The molecule has 2 aromatic carbocycles. The Morgan fingerprint density at radius 3 is 2.65 bits per heavy atom. The molecule has 0 saturated heterocycles. The summed E-state index contributed by atoms with van der Waals surface area (Å²) in [5.74, 6) is -0.238. The van der Waals surface area contributed by atoms with Crippen LogP contribution in [0, 0.1) is 24.1 Å². The van der Waals surface area contributed by atoms with E-state index in [1.807, 2.05) is 19.1 Å². The number of aromatic hydroxyl groups is 1. The molecule has 0 aliphatic heterocycles. The van der Waals surface area contributed by atoms with Crippen LogP contribution in [0.2, 0.25) is 0 Å². The fourth-order valence-corrected chi connectivity index (χ4v) is 2.06. The van der Waals surface area contributed by atoms with Gasteiger partial charge < -0.3 is 10.4 Å². The molecule has 0 aliphatic rings. The molecule has 1 atom stereocenters. The van der Waals surface area contributed by atoms with Crippen molar-refractivity contribution in [3.63, 3.8) is 0 Å². The standard InChI is InChI=1S/C16H15FN2O/c1-10-14(17)7-12(9-18)8-15(10)19-11(2)13-5-3-4-6-16(13)20/h3-8,11,19-20H,1-2H3. The Bertz CT molecular complexity index is 677. The third-order valence-corrected chi connectivity index (χ3v) is 3.25. The maximum Gasteiger partial charge on any atom is 0.129 e. The van der Waals surface area contributed by atoms with E-state index >= 15 is 0 Å². The molecule has 2 N–H and O–H groups in total. The summed E-state index contributed by atoms with van der Waals surface area (Å²) in [6.45, 7) is 3.52. The fourth-order valence-electron chi connectivity index (χ4n) is 2.06. The average Bonchev–Trinajstić information content (AvgIpc) is 2.43. The molecule has 0 spiro atoms. The van der Waals surface area contributed by atoms with Crippen molar-refractivity contribution < 1.29 is 9.50 Å². The van der Waals surface area contributed by atoms with Crippen LogP contribution in [0.25, 0.3) is 0 Å². The molecule has 1 unspecified atom stereocenters. The molecule has 20 heavy (non-hydrogen) atoms. The van der Waals surface area contributed by atoms with Gasteiger partial charge in [0.2, 0.25) is 0 Å². The van der Waals surface area contributed by atoms with E-state index in [4.69, 9.17) is 5.26 Å². The van der Waals surface area contributed by atoms with E-state index in [1.165, 1.54) is 6.07 Å². The third kappa shape index (κ3) is 2.72. The number of hydrogen-bond donors (Lipinski definition) is 2. The average molecular weight is 270 g/mol. The van der Waals surface area contributed by atoms with Gasteiger partial charge in [0, 0.05) is 16.8 Å². The van der Waals surface area contributed by atoms with Crippen LogP contribution in [0.4, 0.5) is 10.1 Å². The summed E-state index contributed by atoms with van der Waals surface area (Å²) in [6.07, 6.45) is 0. The van der Waals surface area contributed by atoms with E-state index in [0.717, 1.165) is 5.56 Å². The predicted octanol–water partition coefficient (Wildman–Crippen LogP) is 3.88. The first-order valence-corrected chi connectivity index (χ1v) is 6.27. The van der Waals surface area contributed by atoms with Crippen molar-refractivity contribution in [2.45, 2.75) is 19.9 Å². The van der Waals surface area contributed by atoms with E-state index in [-0.39, 0.29) is 17.4 Å². The third-order valence-electron chi connectivity index (χ3n) is 3.25. The zero-order chi connectivity index (χ0) is 14.7. The zero-order valence-corrected chi connectivity index (χ0v) is 11.3. The summed E-state index contributed by atoms with van der Waals surface area (Å²) in [7, 11) is 0. The van der Waals surface area contributed by atoms with Crippen LogP contribution in [0.15, 0.2) is 36.4 Å². The quantitative estimate of drug-likeness (QED) is 0.889. The molecule has 4 heteroatoms. The number of halogens is 1. The Morgan fingerprint density at radius 2 is 2.00 bits per heavy atom. The summed E-state index contributed by atoms with van der Waals surface area (Å²) in [5.41, 5.74) is 1.98. The number of rotatable bonds is 3. The van der Waals surface area contributed by atoms with Crippen LogP contribution in [-0.2, 0) is 0 Å². The second kappa shape index (κ2) is 5.62. The van der Waals surface area contributed by atoms with Crippen molar-refractivity contribution >= 4 is 5.69 Å². The lowest BCUT2D eigenvalue weighted by molar-refractivity contribution is 0.465. The summed E-state index contributed by atoms with van der Waals surface area (Å²) < 4.78 is 13.7. The number of hydrogen-bond acceptors (Lipinski definition) is 3. The lowest BCUT2D eigenvalue weighted by atomic mass is 10.0. The van der Waals surface area contributed by atoms with Crippen LogP contribution in [-0.4, -0.2) is 5.11 Å². The summed E-state index contributed by atoms with van der Waals surface area (Å²) in [6, 6.07) is 11.5. The minimum absolute atomic E-state index is 0.182. The summed E-state index contributed by atoms with van der Waals surface area (Å²) in [4.78, 5) is 0. The van der Waals surface area contributed by atoms with Crippen LogP contribution >= 0.6 is 0 Å². The molecule has 3 nitrogen and oxygen atoms in total. The lowest BCUT2D eigenvalue weighted by Crippen LogP contribution is -2.09. The van der Waals surface area contributed by atoms with Crippen molar-refractivity contribution in [2.24, 2.45) is 0 Å². The van der Waals surface area contributed by atoms with Crippen molar-refractivity contribution in [1.82, 2.24) is 0 Å². The number of phenolic OH excluding ortho intramolecular Hbond substituents is 1. The van der Waals surface area contributed by atoms with E-state index in [2.05, 4.69) is 5.32 Å². The van der Waals surface area contributed by atoms with Crippen molar-refractivity contribution in [3.05, 3.63) is 58.9 Å². The maximum absolute atomic E-state index is 13.7. The monoisotopic (exact) mass is 270 g/mol. The summed E-state index contributed by atoms with van der Waals surface area (Å²) in [5, 5.41) is 21.8. The number of benzene rings is 2. The first-order chi connectivity index (χ1) is 9.52. The molecule has 0 aromatic heterocycles. The van der Waals surface area contributed by atoms with Crippen molar-refractivity contribution in [1.29, 1.82) is 5.26 Å². The Labute approximate surface area is 117 Å². The topological polar surface area (TPSA) is 56.0 Å². The fraction of sp³-hybridized carbons (Fsp3) is 0.188. The normalized spacial score (nSPS) is 11.7. The smallest absolute Gasteiger partial charge is 0.129 e. The first-order valence-electron chi connectivity index (χ1n) is 6.27. The van der Waals surface area contributed by atoms with Gasteiger partial charge in [0.15, 0.2) is 0 Å². The van der Waals surface area contributed by atoms with Gasteiger partial charge in [-0.1, -0.05) is 18.2 Å². The van der Waals surface area contributed by atoms with E-state index in [0.29, 0.717) is 11.3 Å². The SMILES string of the molecule is Cc1c(F)cc(C#N)cc1NC(C)c1ccccc1O. The maximum atomic E-state index is 13.7. The van der Waals surface area contributed by atoms with Crippen LogP contribution in [0.3, 0.4) is 0 Å². The molecular formula is C16H15FN2O. The number of para-hydroxylation sites is 1. The molecule has 2 rings (SSSR count). The molecule has 0 heterocycles. The second-order valence-electron chi connectivity index (χ2n) is 4.67. The van der Waals surface area contributed by atoms with Gasteiger partial charge in [0.1, 0.15) is 11.6 Å². The van der Waals surface area contributed by atoms with Gasteiger partial charge in [-0.15, -0.1) is 0 Å². The Hall–Kier alpha value is -2.54. The number of anilines is 1. The molecule has 0 radical (unpaired) electrons. The van der Waals surface area contributed by atoms with Gasteiger partial charge in [-0.3, -0.25) is 0 Å². The molecular weight excluding hydrogens is 255 g/mol. The highest BCUT2D eigenvalue weighted by molar-refractivity contribution is 5.57. The largest absolute Gasteiger partial charge is 0.508 e. The molecule has 0 saturated carbocycles. The van der Waals surface area contributed by atoms with Gasteiger partial charge in [0.05, 0.1) is 17.7 Å². The lowest BCUT2D eigenvalue weighted by Gasteiger charge is -2.19. The Balaban J connectivity index is 2.33. The number of nitriles is 1. The highest BCUT2D eigenvalue weighted by Gasteiger charge is 2.13. The minimum atomic E-state index is -0.420. The van der Waals surface area contributed by atoms with Crippen LogP contribution in [0.1, 0.15) is 29.7 Å². The second-order valence-corrected chi connectivity index (χ2v) is 4.67. The molecule has 0 aliphatic carbocycles. The Morgan fingerprint density at radius 1 is 1.30 bits per heavy atom. The molecule has 0 amide bonds. The van der Waals surface area contributed by atoms with Gasteiger partial charge in [-0.25, -0.2) is 4.39 Å².